The quantitative estimate of drug-likeness (QED) is 0.221. The van der Waals surface area contributed by atoms with Crippen molar-refractivity contribution in [3.05, 3.63) is 102 Å². The predicted octanol–water partition coefficient (Wildman–Crippen LogP) is 6.51. The zero-order chi connectivity index (χ0) is 31.9. The molecule has 8 rings (SSSR count). The molecular formula is C35H30BrN3O5S2. The number of halogens is 1. The highest BCUT2D eigenvalue weighted by Crippen LogP contribution is 2.69. The summed E-state index contributed by atoms with van der Waals surface area (Å²) in [6, 6.07) is 20.8. The number of ether oxygens (including phenoxy) is 1. The smallest absolute Gasteiger partial charge is 0.305 e. The summed E-state index contributed by atoms with van der Waals surface area (Å²) in [5, 5.41) is 3.75. The third-order valence-electron chi connectivity index (χ3n) is 10.0. The third-order valence-corrected chi connectivity index (χ3v) is 13.1. The van der Waals surface area contributed by atoms with E-state index < -0.39 is 5.92 Å². The first kappa shape index (κ1) is 29.7. The molecule has 2 bridgehead atoms. The molecule has 3 fully saturated rings. The molecule has 0 unspecified atom stereocenters. The molecule has 4 aliphatic rings. The number of aromatic amines is 1. The predicted molar refractivity (Wildman–Crippen MR) is 182 cm³/mol. The molecule has 11 heteroatoms. The minimum absolute atomic E-state index is 0.00273. The molecule has 4 aromatic rings. The van der Waals surface area contributed by atoms with Crippen LogP contribution < -0.4 is 19.8 Å². The van der Waals surface area contributed by atoms with Gasteiger partial charge in [0.2, 0.25) is 11.8 Å². The number of hydrogen-bond acceptors (Lipinski definition) is 7. The highest BCUT2D eigenvalue weighted by Gasteiger charge is 2.69. The number of thiazole rings is 1. The van der Waals surface area contributed by atoms with Crippen LogP contribution in [0.3, 0.4) is 0 Å². The molecule has 2 N–H and O–H groups in total. The molecule has 3 aromatic carbocycles. The lowest BCUT2D eigenvalue weighted by Gasteiger charge is -2.43. The van der Waals surface area contributed by atoms with Gasteiger partial charge in [0.1, 0.15) is 5.75 Å². The Morgan fingerprint density at radius 1 is 0.957 bits per heavy atom. The van der Waals surface area contributed by atoms with Crippen molar-refractivity contribution in [1.29, 1.82) is 0 Å². The molecule has 1 saturated heterocycles. The average molecular weight is 717 g/mol. The van der Waals surface area contributed by atoms with Crippen LogP contribution in [0.25, 0.3) is 0 Å². The van der Waals surface area contributed by atoms with Crippen molar-refractivity contribution in [2.75, 3.05) is 16.8 Å². The zero-order valence-electron chi connectivity index (χ0n) is 25.0. The van der Waals surface area contributed by atoms with E-state index in [9.17, 15) is 19.2 Å². The summed E-state index contributed by atoms with van der Waals surface area (Å²) >= 11 is 6.48. The van der Waals surface area contributed by atoms with Crippen LogP contribution in [0, 0.1) is 43.4 Å². The fourth-order valence-corrected chi connectivity index (χ4v) is 11.4. The van der Waals surface area contributed by atoms with E-state index in [1.807, 2.05) is 80.6 Å². The van der Waals surface area contributed by atoms with Crippen LogP contribution in [-0.2, 0) is 14.4 Å². The van der Waals surface area contributed by atoms with Crippen LogP contribution in [0.1, 0.15) is 33.9 Å². The number of fused-ring (bicyclic) bond motifs is 9. The number of aromatic nitrogens is 1. The van der Waals surface area contributed by atoms with Crippen LogP contribution in [0.15, 0.2) is 81.0 Å². The fourth-order valence-electron chi connectivity index (χ4n) is 8.18. The molecule has 0 spiro atoms. The number of nitrogens with one attached hydrogen (secondary N) is 2. The summed E-state index contributed by atoms with van der Waals surface area (Å²) in [7, 11) is 0. The van der Waals surface area contributed by atoms with Crippen molar-refractivity contribution in [2.45, 2.75) is 36.5 Å². The Kier molecular flexibility index (Phi) is 7.26. The van der Waals surface area contributed by atoms with Gasteiger partial charge in [-0.05, 0) is 80.5 Å². The molecule has 46 heavy (non-hydrogen) atoms. The lowest BCUT2D eigenvalue weighted by molar-refractivity contribution is -0.123. The minimum atomic E-state index is -0.405. The van der Waals surface area contributed by atoms with Gasteiger partial charge in [-0.15, -0.1) is 11.8 Å². The number of anilines is 2. The Bertz CT molecular complexity index is 1960. The van der Waals surface area contributed by atoms with Crippen molar-refractivity contribution < 1.29 is 19.1 Å². The number of carbonyl (C=O) groups excluding carboxylic acids is 3. The van der Waals surface area contributed by atoms with E-state index in [2.05, 4.69) is 26.2 Å². The number of amides is 3. The maximum atomic E-state index is 14.1. The number of rotatable bonds is 6. The SMILES string of the molecule is Cc1ccc(NC(=O)COc2ccc(Br)cc2[C@@H]2c3sc(=O)[nH]c3S[C@@H]3[C@@H]4C[C@@H]([C@@H]5C(=O)N(c6ccc(C)cc6)C(=O)[C@@H]45)[C@H]23)cc1. The maximum absolute atomic E-state index is 14.1. The van der Waals surface area contributed by atoms with Crippen molar-refractivity contribution in [3.8, 4) is 5.75 Å². The number of hydrogen-bond donors (Lipinski definition) is 2. The number of H-pyrrole nitrogens is 1. The number of nitrogens with zero attached hydrogens (tertiary/aromatic N) is 1. The van der Waals surface area contributed by atoms with Crippen LogP contribution in [0.4, 0.5) is 11.4 Å². The second kappa shape index (κ2) is 11.2. The molecule has 3 heterocycles. The first-order valence-electron chi connectivity index (χ1n) is 15.3. The summed E-state index contributed by atoms with van der Waals surface area (Å²) in [5.41, 5.74) is 4.34. The van der Waals surface area contributed by atoms with Gasteiger partial charge in [0.15, 0.2) is 6.61 Å². The van der Waals surface area contributed by atoms with E-state index in [1.165, 1.54) is 16.2 Å². The second-order valence-electron chi connectivity index (χ2n) is 12.7. The first-order chi connectivity index (χ1) is 22.2. The molecular weight excluding hydrogens is 686 g/mol. The number of benzene rings is 3. The largest absolute Gasteiger partial charge is 0.483 e. The zero-order valence-corrected chi connectivity index (χ0v) is 28.2. The number of thioether (sulfide) groups is 1. The van der Waals surface area contributed by atoms with E-state index in [1.54, 1.807) is 11.8 Å². The van der Waals surface area contributed by atoms with Crippen LogP contribution >= 0.6 is 39.0 Å². The standard InChI is InChI=1S/C35H30BrN3O5S2/c1-16-3-8-19(9-4-16)37-25(40)15-44-24-12-7-18(36)13-21(24)26-27-22-14-23(30(27)45-32-31(26)46-35(43)38-32)29-28(22)33(41)39(34(29)42)20-10-5-17(2)6-11-20/h3-13,22-23,26-30H,14-15H2,1-2H3,(H,37,40)(H,38,43)/t22-,23-,26+,27-,28+,29+,30-/m1/s1. The summed E-state index contributed by atoms with van der Waals surface area (Å²) in [6.45, 7) is 3.78. The third kappa shape index (κ3) is 4.77. The molecule has 7 atom stereocenters. The van der Waals surface area contributed by atoms with Gasteiger partial charge in [0.05, 0.1) is 22.5 Å². The van der Waals surface area contributed by atoms with E-state index in [0.29, 0.717) is 17.1 Å². The van der Waals surface area contributed by atoms with Gasteiger partial charge in [-0.25, -0.2) is 0 Å². The lowest BCUT2D eigenvalue weighted by Crippen LogP contribution is -2.42. The van der Waals surface area contributed by atoms with Crippen molar-refractivity contribution in [2.24, 2.45) is 29.6 Å². The van der Waals surface area contributed by atoms with Crippen molar-refractivity contribution in [1.82, 2.24) is 4.98 Å². The molecule has 8 nitrogen and oxygen atoms in total. The molecule has 234 valence electrons. The Balaban J connectivity index is 1.14. The van der Waals surface area contributed by atoms with E-state index >= 15 is 0 Å². The molecule has 3 amide bonds. The Labute approximate surface area is 282 Å². The first-order valence-corrected chi connectivity index (χ1v) is 17.8. The number of carbonyl (C=O) groups is 3. The minimum Gasteiger partial charge on any atom is -0.483 e. The van der Waals surface area contributed by atoms with Gasteiger partial charge < -0.3 is 15.0 Å². The molecule has 2 aliphatic carbocycles. The normalized spacial score (nSPS) is 27.4. The van der Waals surface area contributed by atoms with Crippen molar-refractivity contribution in [3.63, 3.8) is 0 Å². The van der Waals surface area contributed by atoms with Gasteiger partial charge in [0, 0.05) is 31.8 Å². The highest BCUT2D eigenvalue weighted by molar-refractivity contribution is 9.10. The topological polar surface area (TPSA) is 109 Å². The van der Waals surface area contributed by atoms with Crippen LogP contribution in [0.2, 0.25) is 0 Å². The molecule has 0 radical (unpaired) electrons. The van der Waals surface area contributed by atoms with E-state index in [4.69, 9.17) is 4.74 Å². The summed E-state index contributed by atoms with van der Waals surface area (Å²) in [4.78, 5) is 58.9. The van der Waals surface area contributed by atoms with Gasteiger partial charge in [-0.3, -0.25) is 24.1 Å². The second-order valence-corrected chi connectivity index (χ2v) is 15.8. The summed E-state index contributed by atoms with van der Waals surface area (Å²) in [5.74, 6) is -1.01. The average Bonchev–Trinajstić information content (AvgIpc) is 3.77. The maximum Gasteiger partial charge on any atom is 0.305 e. The van der Waals surface area contributed by atoms with E-state index in [0.717, 1.165) is 37.5 Å². The van der Waals surface area contributed by atoms with Gasteiger partial charge in [-0.1, -0.05) is 62.7 Å². The summed E-state index contributed by atoms with van der Waals surface area (Å²) < 4.78 is 7.05. The fraction of sp³-hybridized carbons (Fsp3) is 0.314. The van der Waals surface area contributed by atoms with Gasteiger partial charge in [-0.2, -0.15) is 0 Å². The Morgan fingerprint density at radius 3 is 2.35 bits per heavy atom. The highest BCUT2D eigenvalue weighted by atomic mass is 79.9. The molecule has 2 aliphatic heterocycles. The monoisotopic (exact) mass is 715 g/mol. The number of aryl methyl sites for hydroxylation is 2. The Morgan fingerprint density at radius 2 is 1.63 bits per heavy atom. The van der Waals surface area contributed by atoms with E-state index in [-0.39, 0.29) is 64.0 Å². The summed E-state index contributed by atoms with van der Waals surface area (Å²) in [6.07, 6.45) is 0.787. The van der Waals surface area contributed by atoms with Gasteiger partial charge >= 0.3 is 4.87 Å². The molecule has 2 saturated carbocycles. The van der Waals surface area contributed by atoms with Crippen LogP contribution in [0.5, 0.6) is 5.75 Å². The number of imide groups is 1. The van der Waals surface area contributed by atoms with Gasteiger partial charge in [0.25, 0.3) is 5.91 Å². The van der Waals surface area contributed by atoms with Crippen LogP contribution in [-0.4, -0.2) is 34.6 Å². The lowest BCUT2D eigenvalue weighted by atomic mass is 9.68. The molecule has 1 aromatic heterocycles. The Hall–Kier alpha value is -3.67. The van der Waals surface area contributed by atoms with Crippen molar-refractivity contribution >= 4 is 68.1 Å².